The van der Waals surface area contributed by atoms with E-state index in [0.29, 0.717) is 5.54 Å². The lowest BCUT2D eigenvalue weighted by atomic mass is 9.78. The summed E-state index contributed by atoms with van der Waals surface area (Å²) in [6.45, 7) is 13.8. The van der Waals surface area contributed by atoms with Crippen molar-refractivity contribution in [3.05, 3.63) is 18.0 Å². The van der Waals surface area contributed by atoms with Crippen LogP contribution in [0.5, 0.6) is 0 Å². The lowest BCUT2D eigenvalue weighted by Gasteiger charge is -2.51. The molecule has 2 saturated heterocycles. The number of rotatable bonds is 2. The third kappa shape index (κ3) is 3.20. The highest BCUT2D eigenvalue weighted by Gasteiger charge is 2.39. The molecule has 1 aromatic rings. The van der Waals surface area contributed by atoms with Crippen molar-refractivity contribution in [1.29, 1.82) is 0 Å². The first kappa shape index (κ1) is 14.8. The second-order valence-electron chi connectivity index (χ2n) is 7.72. The van der Waals surface area contributed by atoms with Gasteiger partial charge in [-0.2, -0.15) is 0 Å². The van der Waals surface area contributed by atoms with E-state index in [-0.39, 0.29) is 0 Å². The van der Waals surface area contributed by atoms with Gasteiger partial charge in [-0.3, -0.25) is 4.90 Å². The number of piperidine rings is 1. The van der Waals surface area contributed by atoms with Gasteiger partial charge in [0.2, 0.25) is 5.95 Å². The Bertz CT molecular complexity index is 463. The van der Waals surface area contributed by atoms with Crippen LogP contribution in [0.4, 0.5) is 5.95 Å². The van der Waals surface area contributed by atoms with E-state index in [9.17, 15) is 0 Å². The molecule has 1 aromatic heterocycles. The summed E-state index contributed by atoms with van der Waals surface area (Å²) in [5.74, 6) is 2.71. The number of hydrogen-bond donors (Lipinski definition) is 0. The molecule has 4 nitrogen and oxygen atoms in total. The predicted molar refractivity (Wildman–Crippen MR) is 86.5 cm³/mol. The average molecular weight is 288 g/mol. The second kappa shape index (κ2) is 5.56. The normalized spacial score (nSPS) is 22.4. The molecule has 0 N–H and O–H groups in total. The maximum absolute atomic E-state index is 4.46. The Hall–Kier alpha value is -1.16. The van der Waals surface area contributed by atoms with Gasteiger partial charge < -0.3 is 4.90 Å². The molecule has 0 atom stereocenters. The molecule has 0 amide bonds. The van der Waals surface area contributed by atoms with Gasteiger partial charge >= 0.3 is 0 Å². The van der Waals surface area contributed by atoms with Crippen LogP contribution in [0, 0.1) is 18.8 Å². The SMILES string of the molecule is Cc1cnc(N2CCC(C3CN(C(C)(C)C)C3)CC2)nc1. The molecule has 0 radical (unpaired) electrons. The Morgan fingerprint density at radius 2 is 1.57 bits per heavy atom. The number of likely N-dealkylation sites (tertiary alicyclic amines) is 1. The molecule has 0 unspecified atom stereocenters. The zero-order chi connectivity index (χ0) is 15.0. The van der Waals surface area contributed by atoms with Gasteiger partial charge in [-0.25, -0.2) is 9.97 Å². The van der Waals surface area contributed by atoms with Crippen LogP contribution >= 0.6 is 0 Å². The van der Waals surface area contributed by atoms with Crippen LogP contribution in [0.15, 0.2) is 12.4 Å². The molecule has 0 saturated carbocycles. The molecular formula is C17H28N4. The summed E-state index contributed by atoms with van der Waals surface area (Å²) in [5, 5.41) is 0. The minimum absolute atomic E-state index is 0.340. The topological polar surface area (TPSA) is 32.3 Å². The summed E-state index contributed by atoms with van der Waals surface area (Å²) in [4.78, 5) is 13.9. The minimum Gasteiger partial charge on any atom is -0.341 e. The van der Waals surface area contributed by atoms with E-state index in [1.807, 2.05) is 19.3 Å². The zero-order valence-electron chi connectivity index (χ0n) is 13.8. The van der Waals surface area contributed by atoms with E-state index in [4.69, 9.17) is 0 Å². The predicted octanol–water partition coefficient (Wildman–Crippen LogP) is 2.73. The fourth-order valence-electron chi connectivity index (χ4n) is 3.48. The van der Waals surface area contributed by atoms with Crippen molar-refractivity contribution in [1.82, 2.24) is 14.9 Å². The third-order valence-electron chi connectivity index (χ3n) is 5.11. The highest BCUT2D eigenvalue weighted by molar-refractivity contribution is 5.30. The first-order valence-corrected chi connectivity index (χ1v) is 8.22. The van der Waals surface area contributed by atoms with Crippen molar-refractivity contribution in [3.8, 4) is 0 Å². The van der Waals surface area contributed by atoms with Gasteiger partial charge in [-0.15, -0.1) is 0 Å². The highest BCUT2D eigenvalue weighted by atomic mass is 15.3. The van der Waals surface area contributed by atoms with Crippen molar-refractivity contribution >= 4 is 5.95 Å². The monoisotopic (exact) mass is 288 g/mol. The number of hydrogen-bond acceptors (Lipinski definition) is 4. The standard InChI is InChI=1S/C17H28N4/c1-13-9-18-16(19-10-13)20-7-5-14(6-8-20)15-11-21(12-15)17(2,3)4/h9-10,14-15H,5-8,11-12H2,1-4H3. The Morgan fingerprint density at radius 3 is 2.10 bits per heavy atom. The van der Waals surface area contributed by atoms with Crippen molar-refractivity contribution in [2.24, 2.45) is 11.8 Å². The molecule has 0 spiro atoms. The lowest BCUT2D eigenvalue weighted by Crippen LogP contribution is -2.58. The lowest BCUT2D eigenvalue weighted by molar-refractivity contribution is -0.0182. The van der Waals surface area contributed by atoms with Crippen molar-refractivity contribution in [3.63, 3.8) is 0 Å². The van der Waals surface area contributed by atoms with Gasteiger partial charge in [-0.05, 0) is 57.9 Å². The van der Waals surface area contributed by atoms with Crippen molar-refractivity contribution in [2.75, 3.05) is 31.1 Å². The Kier molecular flexibility index (Phi) is 3.91. The van der Waals surface area contributed by atoms with E-state index >= 15 is 0 Å². The summed E-state index contributed by atoms with van der Waals surface area (Å²) in [6, 6.07) is 0. The molecule has 3 heterocycles. The summed E-state index contributed by atoms with van der Waals surface area (Å²) in [7, 11) is 0. The number of nitrogens with zero attached hydrogens (tertiary/aromatic N) is 4. The quantitative estimate of drug-likeness (QED) is 0.837. The first-order valence-electron chi connectivity index (χ1n) is 8.22. The van der Waals surface area contributed by atoms with Gasteiger partial charge in [-0.1, -0.05) is 0 Å². The fraction of sp³-hybridized carbons (Fsp3) is 0.765. The maximum atomic E-state index is 4.46. The maximum Gasteiger partial charge on any atom is 0.225 e. The number of aryl methyl sites for hydroxylation is 1. The van der Waals surface area contributed by atoms with Gasteiger partial charge in [0.25, 0.3) is 0 Å². The Morgan fingerprint density at radius 1 is 1.00 bits per heavy atom. The fourth-order valence-corrected chi connectivity index (χ4v) is 3.48. The van der Waals surface area contributed by atoms with E-state index in [1.54, 1.807) is 0 Å². The van der Waals surface area contributed by atoms with E-state index in [0.717, 1.165) is 36.4 Å². The van der Waals surface area contributed by atoms with Gasteiger partial charge in [0.1, 0.15) is 0 Å². The van der Waals surface area contributed by atoms with Gasteiger partial charge in [0, 0.05) is 44.1 Å². The third-order valence-corrected chi connectivity index (χ3v) is 5.11. The number of aromatic nitrogens is 2. The smallest absolute Gasteiger partial charge is 0.225 e. The highest BCUT2D eigenvalue weighted by Crippen LogP contribution is 2.35. The molecule has 21 heavy (non-hydrogen) atoms. The molecule has 4 heteroatoms. The molecule has 0 bridgehead atoms. The van der Waals surface area contributed by atoms with Crippen LogP contribution in [-0.4, -0.2) is 46.6 Å². The van der Waals surface area contributed by atoms with E-state index in [1.165, 1.54) is 25.9 Å². The molecule has 2 fully saturated rings. The van der Waals surface area contributed by atoms with Crippen LogP contribution in [0.25, 0.3) is 0 Å². The molecule has 2 aliphatic rings. The molecule has 0 aromatic carbocycles. The van der Waals surface area contributed by atoms with Crippen LogP contribution in [0.1, 0.15) is 39.2 Å². The van der Waals surface area contributed by atoms with E-state index in [2.05, 4.69) is 40.5 Å². The Labute approximate surface area is 128 Å². The second-order valence-corrected chi connectivity index (χ2v) is 7.72. The van der Waals surface area contributed by atoms with Gasteiger partial charge in [0.15, 0.2) is 0 Å². The average Bonchev–Trinajstić information content (AvgIpc) is 2.37. The zero-order valence-corrected chi connectivity index (χ0v) is 13.8. The van der Waals surface area contributed by atoms with Crippen LogP contribution in [0.2, 0.25) is 0 Å². The van der Waals surface area contributed by atoms with Crippen LogP contribution in [0.3, 0.4) is 0 Å². The summed E-state index contributed by atoms with van der Waals surface area (Å²) >= 11 is 0. The molecular weight excluding hydrogens is 260 g/mol. The Balaban J connectivity index is 1.49. The molecule has 0 aliphatic carbocycles. The van der Waals surface area contributed by atoms with Crippen molar-refractivity contribution < 1.29 is 0 Å². The van der Waals surface area contributed by atoms with Gasteiger partial charge in [0.05, 0.1) is 0 Å². The minimum atomic E-state index is 0.340. The van der Waals surface area contributed by atoms with Crippen molar-refractivity contribution in [2.45, 2.75) is 46.1 Å². The molecule has 2 aliphatic heterocycles. The summed E-state index contributed by atoms with van der Waals surface area (Å²) in [6.07, 6.45) is 6.42. The van der Waals surface area contributed by atoms with Crippen LogP contribution < -0.4 is 4.90 Å². The van der Waals surface area contributed by atoms with E-state index < -0.39 is 0 Å². The largest absolute Gasteiger partial charge is 0.341 e. The summed E-state index contributed by atoms with van der Waals surface area (Å²) < 4.78 is 0. The van der Waals surface area contributed by atoms with Crippen LogP contribution in [-0.2, 0) is 0 Å². The molecule has 3 rings (SSSR count). The number of anilines is 1. The summed E-state index contributed by atoms with van der Waals surface area (Å²) in [5.41, 5.74) is 1.47. The molecule has 116 valence electrons. The first-order chi connectivity index (χ1) is 9.93.